The van der Waals surface area contributed by atoms with E-state index in [9.17, 15) is 43.2 Å². The molecule has 0 spiro atoms. The van der Waals surface area contributed by atoms with Crippen LogP contribution in [0.1, 0.15) is 338 Å². The Hall–Kier alpha value is -1.94. The zero-order valence-corrected chi connectivity index (χ0v) is 59.1. The lowest BCUT2D eigenvalue weighted by Gasteiger charge is -2.21. The first-order valence-electron chi connectivity index (χ1n) is 35.7. The number of phosphoric acid groups is 2. The van der Waals surface area contributed by atoms with Gasteiger partial charge in [0.15, 0.2) is 12.2 Å². The molecule has 3 unspecified atom stereocenters. The number of aliphatic hydroxyl groups excluding tert-OH is 1. The van der Waals surface area contributed by atoms with Gasteiger partial charge in [0.1, 0.15) is 19.3 Å². The molecule has 0 aromatic heterocycles. The van der Waals surface area contributed by atoms with Crippen LogP contribution in [0.4, 0.5) is 0 Å². The number of unbranched alkanes of at least 4 members (excludes halogenated alkanes) is 31. The average Bonchev–Trinajstić information content (AvgIpc) is 3.63. The van der Waals surface area contributed by atoms with Crippen molar-refractivity contribution in [3.8, 4) is 0 Å². The first-order chi connectivity index (χ1) is 42.1. The van der Waals surface area contributed by atoms with Crippen molar-refractivity contribution in [2.75, 3.05) is 39.6 Å². The van der Waals surface area contributed by atoms with Crippen molar-refractivity contribution >= 4 is 39.5 Å². The molecule has 0 heterocycles. The van der Waals surface area contributed by atoms with E-state index < -0.39 is 97.5 Å². The third kappa shape index (κ3) is 61.6. The maximum Gasteiger partial charge on any atom is 0.472 e. The molecule has 0 amide bonds. The summed E-state index contributed by atoms with van der Waals surface area (Å²) in [7, 11) is -9.90. The Morgan fingerprint density at radius 2 is 0.545 bits per heavy atom. The highest BCUT2D eigenvalue weighted by molar-refractivity contribution is 7.47. The summed E-state index contributed by atoms with van der Waals surface area (Å²) < 4.78 is 68.2. The molecule has 88 heavy (non-hydrogen) atoms. The van der Waals surface area contributed by atoms with Crippen LogP contribution >= 0.6 is 15.6 Å². The van der Waals surface area contributed by atoms with Gasteiger partial charge in [0.2, 0.25) is 0 Å². The number of esters is 4. The fourth-order valence-electron chi connectivity index (χ4n) is 10.3. The zero-order valence-electron chi connectivity index (χ0n) is 57.3. The van der Waals surface area contributed by atoms with E-state index in [-0.39, 0.29) is 25.7 Å². The van der Waals surface area contributed by atoms with Gasteiger partial charge in [-0.15, -0.1) is 0 Å². The quantitative estimate of drug-likeness (QED) is 0.0222. The summed E-state index contributed by atoms with van der Waals surface area (Å²) in [5, 5.41) is 10.6. The van der Waals surface area contributed by atoms with Gasteiger partial charge in [-0.2, -0.15) is 0 Å². The minimum absolute atomic E-state index is 0.105. The molecule has 6 atom stereocenters. The van der Waals surface area contributed by atoms with E-state index in [2.05, 4.69) is 55.4 Å². The van der Waals surface area contributed by atoms with Gasteiger partial charge in [-0.1, -0.05) is 287 Å². The van der Waals surface area contributed by atoms with Gasteiger partial charge in [-0.05, 0) is 49.4 Å². The molecule has 0 aliphatic carbocycles. The van der Waals surface area contributed by atoms with Crippen molar-refractivity contribution in [2.45, 2.75) is 356 Å². The molecule has 0 saturated heterocycles. The topological polar surface area (TPSA) is 237 Å². The first-order valence-corrected chi connectivity index (χ1v) is 38.7. The van der Waals surface area contributed by atoms with Crippen molar-refractivity contribution < 1.29 is 80.2 Å². The summed E-state index contributed by atoms with van der Waals surface area (Å²) >= 11 is 0. The van der Waals surface area contributed by atoms with Crippen LogP contribution in [0.25, 0.3) is 0 Å². The van der Waals surface area contributed by atoms with E-state index in [4.69, 9.17) is 37.0 Å². The average molecular weight is 1300 g/mol. The molecule has 0 radical (unpaired) electrons. The van der Waals surface area contributed by atoms with Gasteiger partial charge in [0.25, 0.3) is 0 Å². The maximum absolute atomic E-state index is 13.0. The zero-order chi connectivity index (χ0) is 65.4. The smallest absolute Gasteiger partial charge is 0.462 e. The molecule has 0 rings (SSSR count). The van der Waals surface area contributed by atoms with Crippen LogP contribution in [-0.2, 0) is 65.4 Å². The standard InChI is InChI=1S/C69H134O17P2/c1-9-62(8)48-40-32-27-28-34-42-50-67(72)80-56-65(86-69(74)52-44-36-25-19-15-11-13-17-22-30-38-46-60(4)5)58-84-88(77,78)82-54-63(70)53-81-87(75,76)83-57-64(55-79-66(71)49-41-33-26-20-23-31-39-47-61(6)7)85-68(73)51-43-35-24-18-14-10-12-16-21-29-37-45-59(2)3/h59-65,70H,9-58H2,1-8H3,(H,75,76)(H,77,78)/t62?,63-,64-,65-/m1/s1. The number of carbonyl (C=O) groups is 4. The molecule has 0 aliphatic heterocycles. The van der Waals surface area contributed by atoms with E-state index in [1.807, 2.05) is 0 Å². The second kappa shape index (κ2) is 58.8. The number of ether oxygens (including phenoxy) is 4. The van der Waals surface area contributed by atoms with Gasteiger partial charge >= 0.3 is 39.5 Å². The third-order valence-corrected chi connectivity index (χ3v) is 18.1. The van der Waals surface area contributed by atoms with Gasteiger partial charge in [0, 0.05) is 25.7 Å². The molecule has 19 heteroatoms. The first kappa shape index (κ1) is 86.1. The SMILES string of the molecule is CCC(C)CCCCCCCCC(=O)OC[C@H](COP(=O)(O)OC[C@H](O)COP(=O)(O)OC[C@@H](COC(=O)CCCCCCCCCC(C)C)OC(=O)CCCCCCCCCCCCCC(C)C)OC(=O)CCCCCCCCCCCCCC(C)C. The molecule has 3 N–H and O–H groups in total. The summed E-state index contributed by atoms with van der Waals surface area (Å²) in [6, 6.07) is 0. The molecule has 0 aromatic rings. The molecule has 0 aromatic carbocycles. The van der Waals surface area contributed by atoms with E-state index in [0.29, 0.717) is 31.6 Å². The molecule has 0 aliphatic rings. The number of hydrogen-bond acceptors (Lipinski definition) is 15. The van der Waals surface area contributed by atoms with E-state index in [1.54, 1.807) is 0 Å². The van der Waals surface area contributed by atoms with E-state index in [1.165, 1.54) is 128 Å². The Morgan fingerprint density at radius 3 is 0.807 bits per heavy atom. The Bertz CT molecular complexity index is 1750. The highest BCUT2D eigenvalue weighted by atomic mass is 31.2. The van der Waals surface area contributed by atoms with Crippen LogP contribution < -0.4 is 0 Å². The normalized spacial score (nSPS) is 14.6. The van der Waals surface area contributed by atoms with E-state index in [0.717, 1.165) is 120 Å². The third-order valence-electron chi connectivity index (χ3n) is 16.2. The molecular weight excluding hydrogens is 1160 g/mol. The summed E-state index contributed by atoms with van der Waals surface area (Å²) in [4.78, 5) is 72.5. The van der Waals surface area contributed by atoms with Crippen LogP contribution in [-0.4, -0.2) is 96.7 Å². The lowest BCUT2D eigenvalue weighted by atomic mass is 10.00. The molecular formula is C69H134O17P2. The van der Waals surface area contributed by atoms with Crippen LogP contribution in [0.2, 0.25) is 0 Å². The molecule has 0 bridgehead atoms. The van der Waals surface area contributed by atoms with Crippen molar-refractivity contribution in [1.82, 2.24) is 0 Å². The Morgan fingerprint density at radius 1 is 0.318 bits per heavy atom. The van der Waals surface area contributed by atoms with Crippen molar-refractivity contribution in [1.29, 1.82) is 0 Å². The Kier molecular flexibility index (Phi) is 57.6. The van der Waals surface area contributed by atoms with Crippen LogP contribution in [0.5, 0.6) is 0 Å². The summed E-state index contributed by atoms with van der Waals surface area (Å²) in [5.41, 5.74) is 0. The van der Waals surface area contributed by atoms with Crippen LogP contribution in [0.3, 0.4) is 0 Å². The number of rotatable bonds is 66. The number of carbonyl (C=O) groups excluding carboxylic acids is 4. The summed E-state index contributed by atoms with van der Waals surface area (Å²) in [6.07, 6.45) is 40.4. The monoisotopic (exact) mass is 1300 g/mol. The van der Waals surface area contributed by atoms with Crippen molar-refractivity contribution in [2.24, 2.45) is 23.7 Å². The number of aliphatic hydroxyl groups is 1. The predicted octanol–water partition coefficient (Wildman–Crippen LogP) is 19.3. The Balaban J connectivity index is 5.26. The van der Waals surface area contributed by atoms with Gasteiger partial charge < -0.3 is 33.8 Å². The predicted molar refractivity (Wildman–Crippen MR) is 354 cm³/mol. The minimum atomic E-state index is -4.95. The fraction of sp³-hybridized carbons (Fsp3) is 0.942. The molecule has 522 valence electrons. The lowest BCUT2D eigenvalue weighted by molar-refractivity contribution is -0.161. The Labute approximate surface area is 537 Å². The van der Waals surface area contributed by atoms with Gasteiger partial charge in [-0.3, -0.25) is 37.3 Å². The minimum Gasteiger partial charge on any atom is -0.462 e. The fourth-order valence-corrected chi connectivity index (χ4v) is 11.9. The highest BCUT2D eigenvalue weighted by Gasteiger charge is 2.30. The van der Waals surface area contributed by atoms with Gasteiger partial charge in [0.05, 0.1) is 26.4 Å². The number of phosphoric ester groups is 2. The summed E-state index contributed by atoms with van der Waals surface area (Å²) in [6.45, 7) is 14.0. The van der Waals surface area contributed by atoms with Crippen LogP contribution in [0, 0.1) is 23.7 Å². The van der Waals surface area contributed by atoms with Gasteiger partial charge in [-0.25, -0.2) is 9.13 Å². The molecule has 0 saturated carbocycles. The van der Waals surface area contributed by atoms with Crippen LogP contribution in [0.15, 0.2) is 0 Å². The maximum atomic E-state index is 13.0. The van der Waals surface area contributed by atoms with Crippen molar-refractivity contribution in [3.63, 3.8) is 0 Å². The molecule has 17 nitrogen and oxygen atoms in total. The van der Waals surface area contributed by atoms with E-state index >= 15 is 0 Å². The molecule has 0 fully saturated rings. The second-order valence-electron chi connectivity index (χ2n) is 26.6. The van der Waals surface area contributed by atoms with Crippen molar-refractivity contribution in [3.05, 3.63) is 0 Å². The second-order valence-corrected chi connectivity index (χ2v) is 29.5. The number of hydrogen-bond donors (Lipinski definition) is 3. The highest BCUT2D eigenvalue weighted by Crippen LogP contribution is 2.45. The lowest BCUT2D eigenvalue weighted by Crippen LogP contribution is -2.30. The summed E-state index contributed by atoms with van der Waals surface area (Å²) in [5.74, 6) is 0.834. The largest absolute Gasteiger partial charge is 0.472 e.